The summed E-state index contributed by atoms with van der Waals surface area (Å²) >= 11 is 1.81. The molecule has 122 valence electrons. The predicted octanol–water partition coefficient (Wildman–Crippen LogP) is 4.02. The molecule has 1 atom stereocenters. The Kier molecular flexibility index (Phi) is 6.65. The van der Waals surface area contributed by atoms with Crippen LogP contribution in [0, 0.1) is 13.8 Å². The maximum Gasteiger partial charge on any atom is 0.233 e. The maximum atomic E-state index is 11.9. The molecule has 0 saturated carbocycles. The minimum atomic E-state index is 0.0906. The van der Waals surface area contributed by atoms with Crippen molar-refractivity contribution in [1.29, 1.82) is 0 Å². The molecule has 1 aromatic rings. The zero-order valence-corrected chi connectivity index (χ0v) is 14.8. The third-order valence-electron chi connectivity index (χ3n) is 4.27. The molecule has 1 aromatic heterocycles. The van der Waals surface area contributed by atoms with E-state index in [2.05, 4.69) is 43.5 Å². The first-order valence-corrected chi connectivity index (χ1v) is 9.13. The highest BCUT2D eigenvalue weighted by molar-refractivity contribution is 7.12. The van der Waals surface area contributed by atoms with E-state index in [4.69, 9.17) is 0 Å². The number of rotatable bonds is 7. The van der Waals surface area contributed by atoms with Gasteiger partial charge < -0.3 is 10.6 Å². The van der Waals surface area contributed by atoms with Gasteiger partial charge in [-0.05, 0) is 64.5 Å². The third-order valence-corrected chi connectivity index (χ3v) is 5.25. The molecular formula is C18H28N2OS. The van der Waals surface area contributed by atoms with Crippen molar-refractivity contribution in [2.24, 2.45) is 0 Å². The Morgan fingerprint density at radius 2 is 2.18 bits per heavy atom. The number of allylic oxidation sites excluding steroid dienone is 1. The molecule has 0 aromatic carbocycles. The molecule has 0 saturated heterocycles. The molecule has 1 aliphatic rings. The smallest absolute Gasteiger partial charge is 0.233 e. The Balaban J connectivity index is 1.66. The van der Waals surface area contributed by atoms with Crippen molar-refractivity contribution in [3.05, 3.63) is 33.0 Å². The fourth-order valence-corrected chi connectivity index (χ4v) is 4.02. The van der Waals surface area contributed by atoms with Crippen LogP contribution < -0.4 is 10.6 Å². The molecule has 3 nitrogen and oxygen atoms in total. The van der Waals surface area contributed by atoms with Crippen molar-refractivity contribution in [2.75, 3.05) is 13.1 Å². The molecule has 22 heavy (non-hydrogen) atoms. The molecule has 2 N–H and O–H groups in total. The van der Waals surface area contributed by atoms with E-state index in [9.17, 15) is 4.79 Å². The van der Waals surface area contributed by atoms with Gasteiger partial charge in [-0.15, -0.1) is 11.3 Å². The first-order chi connectivity index (χ1) is 10.6. The van der Waals surface area contributed by atoms with Gasteiger partial charge in [-0.25, -0.2) is 0 Å². The molecule has 2 rings (SSSR count). The number of aryl methyl sites for hydroxylation is 2. The predicted molar refractivity (Wildman–Crippen MR) is 94.4 cm³/mol. The first kappa shape index (κ1) is 17.2. The lowest BCUT2D eigenvalue weighted by molar-refractivity contribution is -0.120. The standard InChI is InChI=1S/C18H28N2OS/c1-13-11-17(15(3)22-13)14(2)20-12-18(21)19-10-9-16-7-5-4-6-8-16/h7,11,14,20H,4-6,8-10,12H2,1-3H3,(H,19,21). The lowest BCUT2D eigenvalue weighted by Gasteiger charge is -2.15. The van der Waals surface area contributed by atoms with Crippen LogP contribution in [0.3, 0.4) is 0 Å². The monoisotopic (exact) mass is 320 g/mol. The van der Waals surface area contributed by atoms with E-state index >= 15 is 0 Å². The Morgan fingerprint density at radius 3 is 2.82 bits per heavy atom. The van der Waals surface area contributed by atoms with Gasteiger partial charge in [0.15, 0.2) is 0 Å². The van der Waals surface area contributed by atoms with E-state index < -0.39 is 0 Å². The van der Waals surface area contributed by atoms with Crippen molar-refractivity contribution in [1.82, 2.24) is 10.6 Å². The van der Waals surface area contributed by atoms with Gasteiger partial charge in [-0.1, -0.05) is 11.6 Å². The molecule has 0 radical (unpaired) electrons. The summed E-state index contributed by atoms with van der Waals surface area (Å²) in [4.78, 5) is 14.6. The molecule has 1 aliphatic carbocycles. The Hall–Kier alpha value is -1.13. The average molecular weight is 321 g/mol. The Bertz CT molecular complexity index is 533. The van der Waals surface area contributed by atoms with Crippen LogP contribution >= 0.6 is 11.3 Å². The number of carbonyl (C=O) groups excluding carboxylic acids is 1. The van der Waals surface area contributed by atoms with E-state index in [1.807, 2.05) is 11.3 Å². The van der Waals surface area contributed by atoms with Crippen molar-refractivity contribution >= 4 is 17.2 Å². The fourth-order valence-electron chi connectivity index (χ4n) is 2.99. The molecule has 0 bridgehead atoms. The molecule has 1 amide bonds. The van der Waals surface area contributed by atoms with Gasteiger partial charge >= 0.3 is 0 Å². The lowest BCUT2D eigenvalue weighted by Crippen LogP contribution is -2.35. The van der Waals surface area contributed by atoms with Crippen LogP contribution in [0.4, 0.5) is 0 Å². The molecule has 1 unspecified atom stereocenters. The van der Waals surface area contributed by atoms with Gasteiger partial charge in [0.1, 0.15) is 0 Å². The summed E-state index contributed by atoms with van der Waals surface area (Å²) < 4.78 is 0. The van der Waals surface area contributed by atoms with Gasteiger partial charge in [-0.2, -0.15) is 0 Å². The molecule has 4 heteroatoms. The topological polar surface area (TPSA) is 41.1 Å². The van der Waals surface area contributed by atoms with Crippen LogP contribution in [-0.2, 0) is 4.79 Å². The van der Waals surface area contributed by atoms with Crippen molar-refractivity contribution in [3.63, 3.8) is 0 Å². The third kappa shape index (κ3) is 5.25. The quantitative estimate of drug-likeness (QED) is 0.745. The van der Waals surface area contributed by atoms with Crippen LogP contribution in [0.5, 0.6) is 0 Å². The average Bonchev–Trinajstić information content (AvgIpc) is 2.84. The number of amides is 1. The SMILES string of the molecule is Cc1cc(C(C)NCC(=O)NCCC2=CCCCC2)c(C)s1. The van der Waals surface area contributed by atoms with Crippen molar-refractivity contribution in [2.45, 2.75) is 58.9 Å². The Labute approximate surface area is 138 Å². The van der Waals surface area contributed by atoms with Gasteiger partial charge in [-0.3, -0.25) is 4.79 Å². The van der Waals surface area contributed by atoms with Crippen LogP contribution in [0.25, 0.3) is 0 Å². The van der Waals surface area contributed by atoms with E-state index in [0.717, 1.165) is 13.0 Å². The number of hydrogen-bond acceptors (Lipinski definition) is 3. The highest BCUT2D eigenvalue weighted by Gasteiger charge is 2.12. The highest BCUT2D eigenvalue weighted by Crippen LogP contribution is 2.25. The number of nitrogens with one attached hydrogen (secondary N) is 2. The summed E-state index contributed by atoms with van der Waals surface area (Å²) in [5, 5.41) is 6.34. The van der Waals surface area contributed by atoms with Crippen molar-refractivity contribution in [3.8, 4) is 0 Å². The van der Waals surface area contributed by atoms with Gasteiger partial charge in [0, 0.05) is 22.3 Å². The maximum absolute atomic E-state index is 11.9. The minimum Gasteiger partial charge on any atom is -0.355 e. The van der Waals surface area contributed by atoms with Gasteiger partial charge in [0.25, 0.3) is 0 Å². The summed E-state index contributed by atoms with van der Waals surface area (Å²) in [5.41, 5.74) is 2.82. The summed E-state index contributed by atoms with van der Waals surface area (Å²) in [7, 11) is 0. The fraction of sp³-hybridized carbons (Fsp3) is 0.611. The van der Waals surface area contributed by atoms with E-state index in [-0.39, 0.29) is 11.9 Å². The second kappa shape index (κ2) is 8.49. The zero-order valence-electron chi connectivity index (χ0n) is 14.0. The molecule has 1 heterocycles. The summed E-state index contributed by atoms with van der Waals surface area (Å²) in [6, 6.07) is 2.43. The summed E-state index contributed by atoms with van der Waals surface area (Å²) in [5.74, 6) is 0.0906. The van der Waals surface area contributed by atoms with E-state index in [1.165, 1.54) is 46.6 Å². The van der Waals surface area contributed by atoms with Crippen molar-refractivity contribution < 1.29 is 4.79 Å². The van der Waals surface area contributed by atoms with E-state index in [0.29, 0.717) is 6.54 Å². The number of carbonyl (C=O) groups is 1. The normalized spacial score (nSPS) is 16.2. The largest absolute Gasteiger partial charge is 0.355 e. The second-order valence-corrected chi connectivity index (χ2v) is 7.64. The number of hydrogen-bond donors (Lipinski definition) is 2. The number of thiophene rings is 1. The lowest BCUT2D eigenvalue weighted by atomic mass is 9.97. The minimum absolute atomic E-state index is 0.0906. The van der Waals surface area contributed by atoms with Gasteiger partial charge in [0.05, 0.1) is 6.54 Å². The molecule has 0 spiro atoms. The summed E-state index contributed by atoms with van der Waals surface area (Å²) in [6.45, 7) is 7.53. The highest BCUT2D eigenvalue weighted by atomic mass is 32.1. The van der Waals surface area contributed by atoms with Crippen LogP contribution in [0.2, 0.25) is 0 Å². The van der Waals surface area contributed by atoms with Crippen LogP contribution in [0.1, 0.15) is 60.4 Å². The molecule has 0 aliphatic heterocycles. The van der Waals surface area contributed by atoms with Crippen LogP contribution in [-0.4, -0.2) is 19.0 Å². The van der Waals surface area contributed by atoms with E-state index in [1.54, 1.807) is 0 Å². The first-order valence-electron chi connectivity index (χ1n) is 8.31. The van der Waals surface area contributed by atoms with Gasteiger partial charge in [0.2, 0.25) is 5.91 Å². The van der Waals surface area contributed by atoms with Crippen LogP contribution in [0.15, 0.2) is 17.7 Å². The zero-order chi connectivity index (χ0) is 15.9. The molecular weight excluding hydrogens is 292 g/mol. The Morgan fingerprint density at radius 1 is 1.36 bits per heavy atom. The molecule has 0 fully saturated rings. The second-order valence-electron chi connectivity index (χ2n) is 6.18. The summed E-state index contributed by atoms with van der Waals surface area (Å²) in [6.07, 6.45) is 8.39.